The van der Waals surface area contributed by atoms with E-state index >= 15 is 0 Å². The Morgan fingerprint density at radius 3 is 1.62 bits per heavy atom. The van der Waals surface area contributed by atoms with Crippen molar-refractivity contribution in [2.45, 2.75) is 100.0 Å². The minimum absolute atomic E-state index is 0. The number of rotatable bonds is 14. The molecule has 0 saturated heterocycles. The molecule has 0 aromatic heterocycles. The maximum absolute atomic E-state index is 11.2. The molecule has 2 N–H and O–H groups in total. The van der Waals surface area contributed by atoms with Crippen LogP contribution >= 0.6 is 0 Å². The number of Topliss-reactive ketones (excluding diaryl/α,β-unsaturated/α-hetero) is 1. The zero-order valence-electron chi connectivity index (χ0n) is 16.7. The summed E-state index contributed by atoms with van der Waals surface area (Å²) in [6, 6.07) is -0.325. The second-order valence-electron chi connectivity index (χ2n) is 5.00. The molecular weight excluding hydrogens is 302 g/mol. The van der Waals surface area contributed by atoms with Gasteiger partial charge in [-0.25, -0.2) is 0 Å². The van der Waals surface area contributed by atoms with Crippen molar-refractivity contribution < 1.29 is 15.7 Å². The molecule has 0 aliphatic heterocycles. The van der Waals surface area contributed by atoms with Crippen molar-refractivity contribution >= 4 is 5.78 Å². The summed E-state index contributed by atoms with van der Waals surface area (Å²) in [5, 5.41) is 0. The van der Waals surface area contributed by atoms with Crippen molar-refractivity contribution in [2.75, 3.05) is 26.4 Å². The van der Waals surface area contributed by atoms with Gasteiger partial charge in [0.05, 0.1) is 6.04 Å². The van der Waals surface area contributed by atoms with Crippen molar-refractivity contribution in [2.24, 2.45) is 5.73 Å². The Morgan fingerprint density at radius 2 is 1.25 bits per heavy atom. The number of carbonyl (C=O) groups excluding carboxylic acids is 1. The van der Waals surface area contributed by atoms with Crippen molar-refractivity contribution in [1.29, 1.82) is 0 Å². The molecule has 0 aliphatic carbocycles. The average Bonchev–Trinajstić information content (AvgIpc) is 2.59. The lowest BCUT2D eigenvalue weighted by Gasteiger charge is -2.06. The lowest BCUT2D eigenvalue weighted by Crippen LogP contribution is -2.26. The maximum atomic E-state index is 11.2. The van der Waals surface area contributed by atoms with Gasteiger partial charge in [0.2, 0.25) is 0 Å². The van der Waals surface area contributed by atoms with Crippen LogP contribution in [0.3, 0.4) is 0 Å². The van der Waals surface area contributed by atoms with E-state index in [0.29, 0.717) is 6.42 Å². The highest BCUT2D eigenvalue weighted by Crippen LogP contribution is 2.00. The Morgan fingerprint density at radius 1 is 0.875 bits per heavy atom. The Hall–Kier alpha value is -0.450. The number of hydrogen-bond donors (Lipinski definition) is 1. The Kier molecular flexibility index (Phi) is 39.7. The SMILES string of the molecule is C.CC.CC.CCCCOCCCCOCCCCC(=O)C(C)N.[HH]. The number of ether oxygens (including phenoxy) is 2. The zero-order valence-corrected chi connectivity index (χ0v) is 16.7. The topological polar surface area (TPSA) is 61.5 Å². The van der Waals surface area contributed by atoms with Crippen LogP contribution in [-0.2, 0) is 14.3 Å². The summed E-state index contributed by atoms with van der Waals surface area (Å²) in [5.74, 6) is 0.143. The van der Waals surface area contributed by atoms with Gasteiger partial charge in [-0.15, -0.1) is 0 Å². The van der Waals surface area contributed by atoms with Crippen LogP contribution in [0.25, 0.3) is 0 Å². The molecule has 0 aromatic rings. The molecule has 0 amide bonds. The number of unbranched alkanes of at least 4 members (excludes halogenated alkanes) is 3. The van der Waals surface area contributed by atoms with Crippen LogP contribution in [0.2, 0.25) is 0 Å². The summed E-state index contributed by atoms with van der Waals surface area (Å²) >= 11 is 0. The van der Waals surface area contributed by atoms with Gasteiger partial charge in [-0.05, 0) is 39.0 Å². The van der Waals surface area contributed by atoms with Crippen molar-refractivity contribution in [3.63, 3.8) is 0 Å². The predicted octanol–water partition coefficient (Wildman–Crippen LogP) is 5.62. The first-order chi connectivity index (χ1) is 11.2. The third-order valence-corrected chi connectivity index (χ3v) is 2.94. The van der Waals surface area contributed by atoms with Gasteiger partial charge in [0.1, 0.15) is 5.78 Å². The lowest BCUT2D eigenvalue weighted by molar-refractivity contribution is -0.120. The predicted molar refractivity (Wildman–Crippen MR) is 110 cm³/mol. The first kappa shape index (κ1) is 31.3. The number of hydrogen-bond acceptors (Lipinski definition) is 4. The summed E-state index contributed by atoms with van der Waals surface area (Å²) in [7, 11) is 0. The highest BCUT2D eigenvalue weighted by atomic mass is 16.5. The molecule has 0 saturated carbocycles. The molecule has 0 radical (unpaired) electrons. The largest absolute Gasteiger partial charge is 0.381 e. The molecule has 0 heterocycles. The smallest absolute Gasteiger partial charge is 0.149 e. The summed E-state index contributed by atoms with van der Waals surface area (Å²) in [6.45, 7) is 15.2. The number of ketones is 1. The number of carbonyl (C=O) groups is 1. The van der Waals surface area contributed by atoms with Crippen LogP contribution in [0.1, 0.15) is 95.3 Å². The molecule has 0 aliphatic rings. The minimum atomic E-state index is -0.325. The monoisotopic (exact) mass is 351 g/mol. The van der Waals surface area contributed by atoms with Crippen LogP contribution in [0.4, 0.5) is 0 Å². The van der Waals surface area contributed by atoms with Crippen molar-refractivity contribution in [3.05, 3.63) is 0 Å². The normalized spacial score (nSPS) is 10.5. The second kappa shape index (κ2) is 30.4. The highest BCUT2D eigenvalue weighted by Gasteiger charge is 2.06. The molecule has 152 valence electrons. The molecule has 4 heteroatoms. The van der Waals surface area contributed by atoms with Gasteiger partial charge >= 0.3 is 0 Å². The van der Waals surface area contributed by atoms with E-state index in [9.17, 15) is 4.79 Å². The fourth-order valence-corrected chi connectivity index (χ4v) is 1.59. The fourth-order valence-electron chi connectivity index (χ4n) is 1.59. The first-order valence-electron chi connectivity index (χ1n) is 9.62. The molecule has 1 unspecified atom stereocenters. The van der Waals surface area contributed by atoms with Crippen LogP contribution in [-0.4, -0.2) is 38.3 Å². The van der Waals surface area contributed by atoms with E-state index in [0.717, 1.165) is 58.5 Å². The van der Waals surface area contributed by atoms with E-state index < -0.39 is 0 Å². The summed E-state index contributed by atoms with van der Waals surface area (Å²) in [6.07, 6.45) is 6.83. The van der Waals surface area contributed by atoms with Crippen molar-refractivity contribution in [3.8, 4) is 0 Å². The van der Waals surface area contributed by atoms with Crippen LogP contribution in [0.15, 0.2) is 0 Å². The van der Waals surface area contributed by atoms with Crippen LogP contribution in [0, 0.1) is 0 Å². The fraction of sp³-hybridized carbons (Fsp3) is 0.950. The zero-order chi connectivity index (χ0) is 18.3. The van der Waals surface area contributed by atoms with Crippen LogP contribution in [0.5, 0.6) is 0 Å². The minimum Gasteiger partial charge on any atom is -0.381 e. The quantitative estimate of drug-likeness (QED) is 0.412. The summed E-state index contributed by atoms with van der Waals surface area (Å²) < 4.78 is 11.0. The van der Waals surface area contributed by atoms with E-state index in [1.165, 1.54) is 6.42 Å². The first-order valence-corrected chi connectivity index (χ1v) is 9.62. The molecule has 0 spiro atoms. The average molecular weight is 352 g/mol. The van der Waals surface area contributed by atoms with Gasteiger partial charge in [0, 0.05) is 34.3 Å². The molecule has 0 bridgehead atoms. The number of nitrogens with two attached hydrogens (primary N) is 1. The standard InChI is InChI=1S/C15H31NO3.2C2H6.CH4.H2/c1-3-4-10-18-12-7-8-13-19-11-6-5-9-15(17)14(2)16;2*1-2;;/h14H,3-13,16H2,1-2H3;2*1-2H3;1H4;1H. The summed E-state index contributed by atoms with van der Waals surface area (Å²) in [5.41, 5.74) is 5.48. The Labute approximate surface area is 154 Å². The maximum Gasteiger partial charge on any atom is 0.149 e. The van der Waals surface area contributed by atoms with Gasteiger partial charge in [-0.1, -0.05) is 48.5 Å². The van der Waals surface area contributed by atoms with Gasteiger partial charge < -0.3 is 15.2 Å². The van der Waals surface area contributed by atoms with E-state index in [1.54, 1.807) is 6.92 Å². The molecule has 4 nitrogen and oxygen atoms in total. The third kappa shape index (κ3) is 29.5. The molecule has 0 aromatic carbocycles. The van der Waals surface area contributed by atoms with Gasteiger partial charge in [0.25, 0.3) is 0 Å². The van der Waals surface area contributed by atoms with Crippen LogP contribution < -0.4 is 5.73 Å². The highest BCUT2D eigenvalue weighted by molar-refractivity contribution is 5.83. The van der Waals surface area contributed by atoms with Gasteiger partial charge in [-0.3, -0.25) is 4.79 Å². The lowest BCUT2D eigenvalue weighted by atomic mass is 10.1. The second-order valence-corrected chi connectivity index (χ2v) is 5.00. The van der Waals surface area contributed by atoms with E-state index in [1.807, 2.05) is 27.7 Å². The van der Waals surface area contributed by atoms with Crippen molar-refractivity contribution in [1.82, 2.24) is 0 Å². The molecule has 0 fully saturated rings. The van der Waals surface area contributed by atoms with E-state index in [-0.39, 0.29) is 20.7 Å². The van der Waals surface area contributed by atoms with Gasteiger partial charge in [-0.2, -0.15) is 0 Å². The van der Waals surface area contributed by atoms with E-state index in [2.05, 4.69) is 6.92 Å². The molecule has 0 rings (SSSR count). The van der Waals surface area contributed by atoms with E-state index in [4.69, 9.17) is 15.2 Å². The third-order valence-electron chi connectivity index (χ3n) is 2.94. The molecular formula is C20H49NO3. The Bertz CT molecular complexity index is 215. The Balaban J connectivity index is -0.000000206. The summed E-state index contributed by atoms with van der Waals surface area (Å²) in [4.78, 5) is 11.2. The van der Waals surface area contributed by atoms with Gasteiger partial charge in [0.15, 0.2) is 0 Å². The molecule has 24 heavy (non-hydrogen) atoms. The molecule has 1 atom stereocenters.